The van der Waals surface area contributed by atoms with E-state index in [4.69, 9.17) is 20.8 Å². The van der Waals surface area contributed by atoms with Crippen LogP contribution in [0.2, 0.25) is 5.02 Å². The van der Waals surface area contributed by atoms with Crippen molar-refractivity contribution in [3.8, 4) is 5.75 Å². The van der Waals surface area contributed by atoms with E-state index in [1.54, 1.807) is 36.6 Å². The highest BCUT2D eigenvalue weighted by Crippen LogP contribution is 2.21. The van der Waals surface area contributed by atoms with E-state index in [2.05, 4.69) is 10.3 Å². The number of ether oxygens (including phenoxy) is 1. The summed E-state index contributed by atoms with van der Waals surface area (Å²) in [5.41, 5.74) is 0.687. The summed E-state index contributed by atoms with van der Waals surface area (Å²) in [4.78, 5) is 17.2. The van der Waals surface area contributed by atoms with Gasteiger partial charge in [0, 0.05) is 5.02 Å². The Morgan fingerprint density at radius 3 is 2.83 bits per heavy atom. The zero-order chi connectivity index (χ0) is 16.9. The molecule has 24 heavy (non-hydrogen) atoms. The number of aromatic nitrogens is 1. The molecule has 0 spiro atoms. The van der Waals surface area contributed by atoms with E-state index in [1.807, 2.05) is 13.0 Å². The Bertz CT molecular complexity index is 813. The lowest BCUT2D eigenvalue weighted by Crippen LogP contribution is -2.22. The van der Waals surface area contributed by atoms with Crippen LogP contribution in [0, 0.1) is 6.92 Å². The number of hydrogen-bond donors (Lipinski definition) is 1. The first-order valence-electron chi connectivity index (χ1n) is 7.27. The summed E-state index contributed by atoms with van der Waals surface area (Å²) in [6.07, 6.45) is 1.58. The zero-order valence-corrected chi connectivity index (χ0v) is 14.5. The van der Waals surface area contributed by atoms with Crippen molar-refractivity contribution in [2.45, 2.75) is 20.1 Å². The van der Waals surface area contributed by atoms with Gasteiger partial charge >= 0.3 is 0 Å². The smallest absolute Gasteiger partial charge is 0.263 e. The van der Waals surface area contributed by atoms with Crippen molar-refractivity contribution in [3.63, 3.8) is 0 Å². The number of rotatable bonds is 6. The number of benzene rings is 1. The molecule has 0 radical (unpaired) electrons. The van der Waals surface area contributed by atoms with Crippen LogP contribution in [0.1, 0.15) is 26.1 Å². The van der Waals surface area contributed by atoms with E-state index in [9.17, 15) is 4.79 Å². The van der Waals surface area contributed by atoms with Crippen molar-refractivity contribution in [1.82, 2.24) is 10.3 Å². The number of carbonyl (C=O) groups is 1. The SMILES string of the molecule is Cc1nc(COc2ccc(Cl)cc2)sc1C(=O)NCc1ccco1. The van der Waals surface area contributed by atoms with Crippen LogP contribution in [0.4, 0.5) is 0 Å². The summed E-state index contributed by atoms with van der Waals surface area (Å²) < 4.78 is 10.9. The second-order valence-corrected chi connectivity index (χ2v) is 6.55. The summed E-state index contributed by atoms with van der Waals surface area (Å²) >= 11 is 7.16. The molecule has 0 saturated carbocycles. The number of carbonyl (C=O) groups excluding carboxylic acids is 1. The third-order valence-electron chi connectivity index (χ3n) is 3.23. The molecule has 0 aliphatic carbocycles. The van der Waals surface area contributed by atoms with Gasteiger partial charge in [0.25, 0.3) is 5.91 Å². The molecule has 3 rings (SSSR count). The van der Waals surface area contributed by atoms with E-state index < -0.39 is 0 Å². The first-order chi connectivity index (χ1) is 11.6. The molecular formula is C17H15ClN2O3S. The van der Waals surface area contributed by atoms with Gasteiger partial charge < -0.3 is 14.5 Å². The Kier molecular flexibility index (Phi) is 5.17. The van der Waals surface area contributed by atoms with Crippen LogP contribution >= 0.6 is 22.9 Å². The van der Waals surface area contributed by atoms with Crippen molar-refractivity contribution in [2.75, 3.05) is 0 Å². The molecule has 0 aliphatic heterocycles. The van der Waals surface area contributed by atoms with Gasteiger partial charge in [0.05, 0.1) is 18.5 Å². The molecule has 0 atom stereocenters. The van der Waals surface area contributed by atoms with Gasteiger partial charge in [-0.1, -0.05) is 11.6 Å². The average Bonchev–Trinajstić information content (AvgIpc) is 3.22. The molecule has 1 amide bonds. The van der Waals surface area contributed by atoms with E-state index in [0.29, 0.717) is 40.3 Å². The predicted octanol–water partition coefficient (Wildman–Crippen LogP) is 4.21. The predicted molar refractivity (Wildman–Crippen MR) is 92.5 cm³/mol. The summed E-state index contributed by atoms with van der Waals surface area (Å²) in [6.45, 7) is 2.46. The van der Waals surface area contributed by atoms with Crippen LogP contribution in [-0.4, -0.2) is 10.9 Å². The molecule has 0 aliphatic rings. The van der Waals surface area contributed by atoms with Crippen LogP contribution in [-0.2, 0) is 13.2 Å². The third-order valence-corrected chi connectivity index (χ3v) is 4.61. The number of nitrogens with zero attached hydrogens (tertiary/aromatic N) is 1. The van der Waals surface area contributed by atoms with Crippen molar-refractivity contribution < 1.29 is 13.9 Å². The molecule has 3 aromatic rings. The van der Waals surface area contributed by atoms with Gasteiger partial charge in [0.2, 0.25) is 0 Å². The Hall–Kier alpha value is -2.31. The Balaban J connectivity index is 1.59. The largest absolute Gasteiger partial charge is 0.486 e. The van der Waals surface area contributed by atoms with Crippen LogP contribution in [0.5, 0.6) is 5.75 Å². The first kappa shape index (κ1) is 16.5. The van der Waals surface area contributed by atoms with Crippen LogP contribution in [0.15, 0.2) is 47.1 Å². The van der Waals surface area contributed by atoms with E-state index in [1.165, 1.54) is 11.3 Å². The van der Waals surface area contributed by atoms with Gasteiger partial charge in [-0.3, -0.25) is 4.79 Å². The number of hydrogen-bond acceptors (Lipinski definition) is 5. The molecular weight excluding hydrogens is 348 g/mol. The minimum Gasteiger partial charge on any atom is -0.486 e. The second-order valence-electron chi connectivity index (χ2n) is 5.03. The molecule has 2 heterocycles. The molecule has 0 fully saturated rings. The molecule has 7 heteroatoms. The molecule has 1 N–H and O–H groups in total. The standard InChI is InChI=1S/C17H15ClN2O3S/c1-11-16(17(21)19-9-14-3-2-8-22-14)24-15(20-11)10-23-13-6-4-12(18)5-7-13/h2-8H,9-10H2,1H3,(H,19,21). The second kappa shape index (κ2) is 7.51. The lowest BCUT2D eigenvalue weighted by atomic mass is 10.3. The number of nitrogens with one attached hydrogen (secondary N) is 1. The van der Waals surface area contributed by atoms with Crippen LogP contribution in [0.3, 0.4) is 0 Å². The van der Waals surface area contributed by atoms with Crippen molar-refractivity contribution in [1.29, 1.82) is 0 Å². The highest BCUT2D eigenvalue weighted by atomic mass is 35.5. The van der Waals surface area contributed by atoms with Gasteiger partial charge in [-0.15, -0.1) is 11.3 Å². The van der Waals surface area contributed by atoms with Gasteiger partial charge in [-0.2, -0.15) is 0 Å². The molecule has 1 aromatic carbocycles. The lowest BCUT2D eigenvalue weighted by Gasteiger charge is -2.03. The maximum Gasteiger partial charge on any atom is 0.263 e. The zero-order valence-electron chi connectivity index (χ0n) is 12.9. The monoisotopic (exact) mass is 362 g/mol. The molecule has 0 saturated heterocycles. The van der Waals surface area contributed by atoms with Gasteiger partial charge in [-0.05, 0) is 43.3 Å². The highest BCUT2D eigenvalue weighted by Gasteiger charge is 2.15. The summed E-state index contributed by atoms with van der Waals surface area (Å²) in [5.74, 6) is 1.24. The van der Waals surface area contributed by atoms with Crippen molar-refractivity contribution in [3.05, 3.63) is 69.0 Å². The highest BCUT2D eigenvalue weighted by molar-refractivity contribution is 7.13. The van der Waals surface area contributed by atoms with Gasteiger partial charge in [0.15, 0.2) is 0 Å². The van der Waals surface area contributed by atoms with Crippen LogP contribution in [0.25, 0.3) is 0 Å². The number of thiazole rings is 1. The molecule has 0 unspecified atom stereocenters. The summed E-state index contributed by atoms with van der Waals surface area (Å²) in [7, 11) is 0. The van der Waals surface area contributed by atoms with Crippen molar-refractivity contribution >= 4 is 28.8 Å². The number of furan rings is 1. The fraction of sp³-hybridized carbons (Fsp3) is 0.176. The lowest BCUT2D eigenvalue weighted by molar-refractivity contribution is 0.0951. The molecule has 5 nitrogen and oxygen atoms in total. The van der Waals surface area contributed by atoms with Crippen LogP contribution < -0.4 is 10.1 Å². The maximum atomic E-state index is 12.2. The van der Waals surface area contributed by atoms with Crippen molar-refractivity contribution in [2.24, 2.45) is 0 Å². The maximum absolute atomic E-state index is 12.2. The quantitative estimate of drug-likeness (QED) is 0.713. The van der Waals surface area contributed by atoms with E-state index >= 15 is 0 Å². The topological polar surface area (TPSA) is 64.4 Å². The molecule has 124 valence electrons. The Labute approximate surface area is 148 Å². The number of amides is 1. The third kappa shape index (κ3) is 4.15. The van der Waals surface area contributed by atoms with Gasteiger partial charge in [0.1, 0.15) is 28.0 Å². The Morgan fingerprint density at radius 1 is 1.33 bits per heavy atom. The minimum absolute atomic E-state index is 0.167. The van der Waals surface area contributed by atoms with Gasteiger partial charge in [-0.25, -0.2) is 4.98 Å². The van der Waals surface area contributed by atoms with E-state index in [0.717, 1.165) is 5.01 Å². The average molecular weight is 363 g/mol. The van der Waals surface area contributed by atoms with E-state index in [-0.39, 0.29) is 5.91 Å². The fourth-order valence-corrected chi connectivity index (χ4v) is 3.08. The first-order valence-corrected chi connectivity index (χ1v) is 8.46. The summed E-state index contributed by atoms with van der Waals surface area (Å²) in [5, 5.41) is 4.21. The number of aryl methyl sites for hydroxylation is 1. The number of halogens is 1. The summed E-state index contributed by atoms with van der Waals surface area (Å²) in [6, 6.07) is 10.7. The minimum atomic E-state index is -0.167. The Morgan fingerprint density at radius 2 is 2.12 bits per heavy atom. The fourth-order valence-electron chi connectivity index (χ4n) is 2.06. The molecule has 2 aromatic heterocycles. The normalized spacial score (nSPS) is 10.6. The molecule has 0 bridgehead atoms.